The molecule has 0 aliphatic carbocycles. The van der Waals surface area contributed by atoms with E-state index < -0.39 is 0 Å². The van der Waals surface area contributed by atoms with Crippen molar-refractivity contribution in [2.75, 3.05) is 13.1 Å². The molecule has 1 aromatic rings. The van der Waals surface area contributed by atoms with Crippen LogP contribution in [-0.4, -0.2) is 23.9 Å². The van der Waals surface area contributed by atoms with Crippen LogP contribution in [0.2, 0.25) is 0 Å². The molecule has 0 N–H and O–H groups in total. The predicted molar refractivity (Wildman–Crippen MR) is 81.7 cm³/mol. The summed E-state index contributed by atoms with van der Waals surface area (Å²) in [6.07, 6.45) is 1.75. The second kappa shape index (κ2) is 6.37. The van der Waals surface area contributed by atoms with Crippen LogP contribution in [0.25, 0.3) is 5.57 Å². The maximum atomic E-state index is 12.4. The molecular formula is C17H23NO. The first-order valence-electron chi connectivity index (χ1n) is 6.49. The monoisotopic (exact) mass is 257 g/mol. The molecule has 2 nitrogen and oxygen atoms in total. The number of nitrogens with zero attached hydrogens (tertiary/aromatic N) is 1. The molecule has 0 fully saturated rings. The molecule has 0 radical (unpaired) electrons. The number of hydrogen-bond donors (Lipinski definition) is 0. The Hall–Kier alpha value is -1.83. The smallest absolute Gasteiger partial charge is 0.228 e. The van der Waals surface area contributed by atoms with E-state index >= 15 is 0 Å². The highest BCUT2D eigenvalue weighted by Crippen LogP contribution is 2.20. The van der Waals surface area contributed by atoms with Crippen molar-refractivity contribution in [3.63, 3.8) is 0 Å². The van der Waals surface area contributed by atoms with Gasteiger partial charge in [0, 0.05) is 18.5 Å². The van der Waals surface area contributed by atoms with E-state index in [1.807, 2.05) is 51.1 Å². The number of benzene rings is 1. The first-order valence-corrected chi connectivity index (χ1v) is 6.49. The van der Waals surface area contributed by atoms with Crippen molar-refractivity contribution in [1.82, 2.24) is 4.90 Å². The van der Waals surface area contributed by atoms with E-state index in [0.717, 1.165) is 11.1 Å². The molecule has 1 rings (SSSR count). The highest BCUT2D eigenvalue weighted by Gasteiger charge is 2.26. The Kier molecular flexibility index (Phi) is 5.11. The highest BCUT2D eigenvalue weighted by molar-refractivity contribution is 5.83. The first-order chi connectivity index (χ1) is 8.86. The van der Waals surface area contributed by atoms with Crippen LogP contribution >= 0.6 is 0 Å². The molecule has 0 aromatic heterocycles. The van der Waals surface area contributed by atoms with Crippen molar-refractivity contribution in [3.05, 3.63) is 55.1 Å². The lowest BCUT2D eigenvalue weighted by Gasteiger charge is -2.29. The maximum Gasteiger partial charge on any atom is 0.228 e. The van der Waals surface area contributed by atoms with Gasteiger partial charge >= 0.3 is 0 Å². The van der Waals surface area contributed by atoms with Gasteiger partial charge in [0.15, 0.2) is 0 Å². The molecule has 1 aromatic carbocycles. The number of amides is 1. The van der Waals surface area contributed by atoms with Crippen molar-refractivity contribution in [2.45, 2.75) is 20.8 Å². The lowest BCUT2D eigenvalue weighted by atomic mass is 9.94. The van der Waals surface area contributed by atoms with Crippen LogP contribution in [0, 0.1) is 5.41 Å². The second-order valence-electron chi connectivity index (χ2n) is 5.69. The molecule has 0 spiro atoms. The van der Waals surface area contributed by atoms with Crippen molar-refractivity contribution < 1.29 is 4.79 Å². The minimum Gasteiger partial charge on any atom is -0.334 e. The fourth-order valence-corrected chi connectivity index (χ4v) is 1.84. The zero-order valence-corrected chi connectivity index (χ0v) is 12.1. The minimum absolute atomic E-state index is 0.115. The van der Waals surface area contributed by atoms with Crippen LogP contribution in [0.1, 0.15) is 26.3 Å². The van der Waals surface area contributed by atoms with Gasteiger partial charge in [-0.1, -0.05) is 63.8 Å². The van der Waals surface area contributed by atoms with Crippen molar-refractivity contribution in [3.8, 4) is 0 Å². The van der Waals surface area contributed by atoms with Gasteiger partial charge in [0.2, 0.25) is 5.91 Å². The van der Waals surface area contributed by atoms with E-state index in [2.05, 4.69) is 13.2 Å². The van der Waals surface area contributed by atoms with E-state index in [1.165, 1.54) is 0 Å². The highest BCUT2D eigenvalue weighted by atomic mass is 16.2. The van der Waals surface area contributed by atoms with E-state index in [1.54, 1.807) is 11.0 Å². The summed E-state index contributed by atoms with van der Waals surface area (Å²) < 4.78 is 0. The van der Waals surface area contributed by atoms with Crippen LogP contribution in [-0.2, 0) is 4.79 Å². The summed E-state index contributed by atoms with van der Waals surface area (Å²) >= 11 is 0. The second-order valence-corrected chi connectivity index (χ2v) is 5.69. The Morgan fingerprint density at radius 1 is 1.26 bits per heavy atom. The average molecular weight is 257 g/mol. The van der Waals surface area contributed by atoms with Gasteiger partial charge in [0.05, 0.1) is 0 Å². The molecule has 0 unspecified atom stereocenters. The Morgan fingerprint density at radius 2 is 1.84 bits per heavy atom. The van der Waals surface area contributed by atoms with Gasteiger partial charge in [-0.2, -0.15) is 0 Å². The van der Waals surface area contributed by atoms with E-state index in [0.29, 0.717) is 13.1 Å². The van der Waals surface area contributed by atoms with E-state index in [-0.39, 0.29) is 11.3 Å². The summed E-state index contributed by atoms with van der Waals surface area (Å²) in [7, 11) is 0. The molecule has 1 amide bonds. The first kappa shape index (κ1) is 15.2. The fourth-order valence-electron chi connectivity index (χ4n) is 1.84. The van der Waals surface area contributed by atoms with Crippen molar-refractivity contribution in [1.29, 1.82) is 0 Å². The molecule has 102 valence electrons. The van der Waals surface area contributed by atoms with Crippen LogP contribution in [0.5, 0.6) is 0 Å². The molecule has 19 heavy (non-hydrogen) atoms. The van der Waals surface area contributed by atoms with Crippen molar-refractivity contribution in [2.24, 2.45) is 5.41 Å². The molecular weight excluding hydrogens is 234 g/mol. The molecule has 2 heteroatoms. The Balaban J connectivity index is 2.82. The average Bonchev–Trinajstić information content (AvgIpc) is 2.37. The third kappa shape index (κ3) is 4.40. The molecule has 0 bridgehead atoms. The summed E-state index contributed by atoms with van der Waals surface area (Å²) in [5.41, 5.74) is 1.62. The lowest BCUT2D eigenvalue weighted by Crippen LogP contribution is -2.40. The topological polar surface area (TPSA) is 20.3 Å². The Bertz CT molecular complexity index is 454. The quantitative estimate of drug-likeness (QED) is 0.735. The normalized spacial score (nSPS) is 10.9. The van der Waals surface area contributed by atoms with Gasteiger partial charge in [-0.15, -0.1) is 6.58 Å². The molecule has 0 saturated heterocycles. The largest absolute Gasteiger partial charge is 0.334 e. The molecule has 0 heterocycles. The van der Waals surface area contributed by atoms with Gasteiger partial charge in [-0.3, -0.25) is 4.79 Å². The van der Waals surface area contributed by atoms with Crippen LogP contribution in [0.3, 0.4) is 0 Å². The molecule has 0 aliphatic heterocycles. The van der Waals surface area contributed by atoms with Crippen LogP contribution in [0.4, 0.5) is 0 Å². The summed E-state index contributed by atoms with van der Waals surface area (Å²) in [6.45, 7) is 14.7. The maximum absolute atomic E-state index is 12.4. The Labute approximate surface area is 116 Å². The summed E-state index contributed by atoms with van der Waals surface area (Å²) in [5.74, 6) is 0.115. The zero-order chi connectivity index (χ0) is 14.5. The minimum atomic E-state index is -0.389. The van der Waals surface area contributed by atoms with Crippen molar-refractivity contribution >= 4 is 11.5 Å². The Morgan fingerprint density at radius 3 is 2.32 bits per heavy atom. The predicted octanol–water partition coefficient (Wildman–Crippen LogP) is 3.76. The zero-order valence-electron chi connectivity index (χ0n) is 12.1. The number of carbonyl (C=O) groups excluding carboxylic acids is 1. The molecule has 0 saturated carbocycles. The molecule has 0 atom stereocenters. The summed E-state index contributed by atoms with van der Waals surface area (Å²) in [6, 6.07) is 9.94. The van der Waals surface area contributed by atoms with Gasteiger partial charge in [0.1, 0.15) is 0 Å². The molecule has 0 aliphatic rings. The van der Waals surface area contributed by atoms with Gasteiger partial charge in [0.25, 0.3) is 0 Å². The third-order valence-corrected chi connectivity index (χ3v) is 2.84. The summed E-state index contributed by atoms with van der Waals surface area (Å²) in [5, 5.41) is 0. The third-order valence-electron chi connectivity index (χ3n) is 2.84. The number of rotatable bonds is 5. The van der Waals surface area contributed by atoms with Gasteiger partial charge in [-0.25, -0.2) is 0 Å². The van der Waals surface area contributed by atoms with Crippen LogP contribution in [0.15, 0.2) is 49.6 Å². The fraction of sp³-hybridized carbons (Fsp3) is 0.353. The SMILES string of the molecule is C=CCN(CC(=C)c1ccccc1)C(=O)C(C)(C)C. The summed E-state index contributed by atoms with van der Waals surface area (Å²) in [4.78, 5) is 14.2. The van der Waals surface area contributed by atoms with Gasteiger partial charge < -0.3 is 4.90 Å². The van der Waals surface area contributed by atoms with E-state index in [4.69, 9.17) is 0 Å². The lowest BCUT2D eigenvalue weighted by molar-refractivity contribution is -0.138. The van der Waals surface area contributed by atoms with Crippen LogP contribution < -0.4 is 0 Å². The number of carbonyl (C=O) groups is 1. The van der Waals surface area contributed by atoms with Gasteiger partial charge in [-0.05, 0) is 11.1 Å². The standard InChI is InChI=1S/C17H23NO/c1-6-12-18(16(19)17(3,4)5)13-14(2)15-10-8-7-9-11-15/h6-11H,1-2,12-13H2,3-5H3. The van der Waals surface area contributed by atoms with E-state index in [9.17, 15) is 4.79 Å². The number of hydrogen-bond acceptors (Lipinski definition) is 1.